The third-order valence-corrected chi connectivity index (χ3v) is 29.9. The van der Waals surface area contributed by atoms with Gasteiger partial charge in [0.15, 0.2) is 43.9 Å². The molecule has 139 heavy (non-hydrogen) atoms. The van der Waals surface area contributed by atoms with Crippen molar-refractivity contribution < 1.29 is 55.3 Å². The Morgan fingerprint density at radius 2 is 0.662 bits per heavy atom. The van der Waals surface area contributed by atoms with Gasteiger partial charge in [-0.1, -0.05) is 60.3 Å². The number of carbonyl (C=O) groups excluding carboxylic acids is 4. The summed E-state index contributed by atoms with van der Waals surface area (Å²) in [6.07, 6.45) is 17.0. The van der Waals surface area contributed by atoms with Gasteiger partial charge in [-0.25, -0.2) is 39.9 Å². The number of anilines is 16. The number of β-amino-alcohol motifs (C(OH)–C–C–N with tert-alkyl or cyclic N) is 4. The Bertz CT molecular complexity index is 6360. The summed E-state index contributed by atoms with van der Waals surface area (Å²) in [4.78, 5) is 97.1. The second-order valence-corrected chi connectivity index (χ2v) is 42.0. The van der Waals surface area contributed by atoms with E-state index in [1.807, 2.05) is 187 Å². The number of nitrogens with one attached hydrogen (secondary N) is 12. The van der Waals surface area contributed by atoms with Gasteiger partial charge in [0.05, 0.1) is 52.4 Å². The summed E-state index contributed by atoms with van der Waals surface area (Å²) < 4.78 is 0. The molecule has 40 heteroatoms. The first-order chi connectivity index (χ1) is 67.1. The fourth-order valence-electron chi connectivity index (χ4n) is 17.4. The van der Waals surface area contributed by atoms with Crippen molar-refractivity contribution in [1.82, 2.24) is 80.7 Å². The maximum absolute atomic E-state index is 12.0. The molecule has 4 aliphatic heterocycles. The summed E-state index contributed by atoms with van der Waals surface area (Å²) in [5.41, 5.74) is 4.59. The van der Waals surface area contributed by atoms with E-state index in [0.29, 0.717) is 157 Å². The standard InChI is InChI=1S/C26H33N7O2S.C25H29N7O2S.C24H27N7O2S.C24H31N7O2S.11H2/c1-3-24(34)27-19-9-11-20(12-10-19)36-25-29-21(28-22-13-17(2)31-32-22)14-23(30-25)33-15-26(35,16-33)18-7-5-4-6-8-18;1-2-23(33)26-17-7-9-18(10-8-17)35-24-28-20(27-21-11-19(30-31-21)15-3-4-15)12-22(29-24)32-13-25(34,14-32)16-5-6-16;1-14-10-20(30-29-14)26-19-11-21(31-12-24(33,13-31)16-4-5-16)28-23(27-19)34-18-8-6-17(7-9-18)25-22(32)15-2-3-15;1-5-15(3)24(33)13-31(14-24)21-12-19(26-20-11-16(4)29-30-20)27-23(28-21)34-18-9-7-17(8-10-18)25-22(32)6-2;;;;;;;;;;;/h9-14,18,35H,3-8,15-16H2,1-2H3,(H,27,34)(H2,28,29,30,31,32);7-12,15-16,34H,2-6,13-14H2,1H3,(H,26,33)(H2,27,28,29,30,31);6-11,15-16,33H,2-5,12-13H2,1H3,(H,25,32)(H2,26,27,28,29,30);7-12,15,33H,5-6,13-14H2,1-4H3,(H,25,32)(H2,26,27,28,29,30);11*1H. The highest BCUT2D eigenvalue weighted by Crippen LogP contribution is 2.50. The van der Waals surface area contributed by atoms with Crippen molar-refractivity contribution >= 4 is 163 Å². The van der Waals surface area contributed by atoms with Crippen molar-refractivity contribution in [1.29, 1.82) is 0 Å². The first kappa shape index (κ1) is 96.8. The Morgan fingerprint density at radius 3 is 0.942 bits per heavy atom. The van der Waals surface area contributed by atoms with Gasteiger partial charge in [0.2, 0.25) is 23.6 Å². The monoisotopic (exact) mass is 1980 g/mol. The second-order valence-electron chi connectivity index (χ2n) is 37.9. The molecule has 4 amide bonds. The van der Waals surface area contributed by atoms with Crippen molar-refractivity contribution in [2.24, 2.45) is 29.6 Å². The molecule has 9 aliphatic rings. The number of nitrogens with zero attached hydrogens (tertiary/aromatic N) is 16. The fourth-order valence-corrected chi connectivity index (χ4v) is 20.4. The molecule has 5 aliphatic carbocycles. The summed E-state index contributed by atoms with van der Waals surface area (Å²) in [7, 11) is 0. The van der Waals surface area contributed by atoms with E-state index in [1.54, 1.807) is 0 Å². The maximum atomic E-state index is 12.0. The van der Waals surface area contributed by atoms with Gasteiger partial charge in [-0.2, -0.15) is 20.4 Å². The molecule has 12 aromatic rings. The number of aryl methyl sites for hydroxylation is 3. The van der Waals surface area contributed by atoms with Crippen LogP contribution in [-0.2, 0) is 19.2 Å². The lowest BCUT2D eigenvalue weighted by atomic mass is 9.73. The van der Waals surface area contributed by atoms with Crippen LogP contribution in [0.15, 0.2) is 186 Å². The first-order valence-corrected chi connectivity index (χ1v) is 51.3. The number of rotatable bonds is 34. The molecule has 0 radical (unpaired) electrons. The highest BCUT2D eigenvalue weighted by molar-refractivity contribution is 8.00. The highest BCUT2D eigenvalue weighted by atomic mass is 32.2. The van der Waals surface area contributed by atoms with Crippen LogP contribution < -0.4 is 62.1 Å². The number of aromatic nitrogens is 16. The molecule has 1 unspecified atom stereocenters. The van der Waals surface area contributed by atoms with Gasteiger partial charge < -0.3 is 82.6 Å². The molecule has 1 atom stereocenters. The quantitative estimate of drug-likeness (QED) is 0.0167. The summed E-state index contributed by atoms with van der Waals surface area (Å²) >= 11 is 5.80. The van der Waals surface area contributed by atoms with Gasteiger partial charge in [-0.05, 0) is 253 Å². The minimum atomic E-state index is -0.696. The molecule has 36 nitrogen and oxygen atoms in total. The summed E-state index contributed by atoms with van der Waals surface area (Å²) in [5.74, 6) is 10.7. The molecular weight excluding hydrogens is 1840 g/mol. The van der Waals surface area contributed by atoms with Gasteiger partial charge in [-0.15, -0.1) is 0 Å². The molecule has 4 aromatic carbocycles. The third-order valence-electron chi connectivity index (χ3n) is 26.4. The minimum absolute atomic E-state index is 0. The molecule has 9 fully saturated rings. The van der Waals surface area contributed by atoms with Crippen LogP contribution in [0.25, 0.3) is 0 Å². The van der Waals surface area contributed by atoms with Gasteiger partial charge in [-0.3, -0.25) is 39.6 Å². The highest BCUT2D eigenvalue weighted by Gasteiger charge is 2.54. The number of benzene rings is 4. The fraction of sp³-hybridized carbons (Fsp3) is 0.434. The smallest absolute Gasteiger partial charge is 0.227 e. The molecule has 750 valence electrons. The van der Waals surface area contributed by atoms with E-state index in [9.17, 15) is 39.6 Å². The number of aliphatic hydroxyl groups is 4. The third kappa shape index (κ3) is 25.2. The minimum Gasteiger partial charge on any atom is -0.386 e. The van der Waals surface area contributed by atoms with Crippen LogP contribution >= 0.6 is 47.0 Å². The van der Waals surface area contributed by atoms with Crippen molar-refractivity contribution in [2.75, 3.05) is 114 Å². The zero-order valence-electron chi connectivity index (χ0n) is 79.2. The Labute approximate surface area is 840 Å². The van der Waals surface area contributed by atoms with E-state index in [4.69, 9.17) is 29.9 Å². The number of carbonyl (C=O) groups is 4. The van der Waals surface area contributed by atoms with Crippen LogP contribution in [0, 0.1) is 50.4 Å². The zero-order valence-corrected chi connectivity index (χ0v) is 82.5. The van der Waals surface area contributed by atoms with E-state index in [-0.39, 0.29) is 51.2 Å². The largest absolute Gasteiger partial charge is 0.386 e. The number of H-pyrrole nitrogens is 4. The summed E-state index contributed by atoms with van der Waals surface area (Å²) in [6.45, 7) is 20.1. The molecule has 8 aromatic heterocycles. The lowest BCUT2D eigenvalue weighted by Gasteiger charge is -2.52. The molecule has 12 heterocycles. The average molecular weight is 1980 g/mol. The van der Waals surface area contributed by atoms with Crippen LogP contribution in [0.4, 0.5) is 92.6 Å². The van der Waals surface area contributed by atoms with Crippen molar-refractivity contribution in [3.8, 4) is 0 Å². The van der Waals surface area contributed by atoms with E-state index in [1.165, 1.54) is 79.2 Å². The van der Waals surface area contributed by atoms with Crippen LogP contribution in [0.2, 0.25) is 0 Å². The zero-order chi connectivity index (χ0) is 96.7. The lowest BCUT2D eigenvalue weighted by molar-refractivity contribution is -0.117. The van der Waals surface area contributed by atoms with E-state index < -0.39 is 22.4 Å². The number of hydrogen-bond acceptors (Lipinski definition) is 32. The SMILES string of the molecule is CCC(=O)Nc1ccc(Sc2nc(Nc3cc(C)[nH]n3)cc(N3CC(O)(C(C)CC)C3)n2)cc1.CCC(=O)Nc1ccc(Sc2nc(Nc3cc(C)[nH]n3)cc(N3CC(O)(C4CCCCC4)C3)n2)cc1.CCC(=O)Nc1ccc(Sc2nc(Nc3cc(C4CC4)[nH]n3)cc(N3CC(O)(C4CC4)C3)n2)cc1.Cc1cc(Nc2cc(N3CC(O)(C4CC4)C3)nc(Sc3ccc(NC(=O)C4CC4)cc3)n2)n[nH]1.[HH].[HH].[HH].[HH].[HH].[HH].[HH].[HH].[HH].[HH].[HH]. The van der Waals surface area contributed by atoms with Gasteiger partial charge >= 0.3 is 0 Å². The normalized spacial score (nSPS) is 17.7. The van der Waals surface area contributed by atoms with Crippen LogP contribution in [0.3, 0.4) is 0 Å². The number of amides is 4. The molecule has 16 N–H and O–H groups in total. The second kappa shape index (κ2) is 42.3. The van der Waals surface area contributed by atoms with Crippen molar-refractivity contribution in [3.05, 3.63) is 168 Å². The van der Waals surface area contributed by atoms with E-state index in [2.05, 4.69) is 127 Å². The van der Waals surface area contributed by atoms with Crippen LogP contribution in [-0.4, -0.2) is 199 Å². The Morgan fingerprint density at radius 1 is 0.367 bits per heavy atom. The Hall–Kier alpha value is -12.4. The van der Waals surface area contributed by atoms with Gasteiger partial charge in [0.1, 0.15) is 68.9 Å². The summed E-state index contributed by atoms with van der Waals surface area (Å²) in [6, 6.07) is 46.1. The van der Waals surface area contributed by atoms with E-state index >= 15 is 0 Å². The molecule has 21 rings (SSSR count). The maximum Gasteiger partial charge on any atom is 0.227 e. The molecule has 0 bridgehead atoms. The van der Waals surface area contributed by atoms with Crippen molar-refractivity contribution in [3.63, 3.8) is 0 Å². The number of hydrogen-bond donors (Lipinski definition) is 16. The van der Waals surface area contributed by atoms with Crippen LogP contribution in [0.5, 0.6) is 0 Å². The van der Waals surface area contributed by atoms with Gasteiger partial charge in [0.25, 0.3) is 0 Å². The average Bonchev–Trinajstić information content (AvgIpc) is 1.67. The van der Waals surface area contributed by atoms with Crippen molar-refractivity contribution in [2.45, 2.75) is 233 Å². The molecular formula is C99H142N28O8S4. The summed E-state index contributed by atoms with van der Waals surface area (Å²) in [5, 5.41) is 99.8. The first-order valence-electron chi connectivity index (χ1n) is 48.1. The predicted octanol–water partition coefficient (Wildman–Crippen LogP) is 19.9. The number of aromatic amines is 4. The lowest BCUT2D eigenvalue weighted by Crippen LogP contribution is -2.66. The van der Waals surface area contributed by atoms with Crippen LogP contribution in [0.1, 0.15) is 188 Å². The molecule has 5 saturated carbocycles. The van der Waals surface area contributed by atoms with E-state index in [0.717, 1.165) is 152 Å². The van der Waals surface area contributed by atoms with Gasteiger partial charge in [0, 0.05) is 160 Å². The molecule has 0 spiro atoms. The molecule has 4 saturated heterocycles. The predicted molar refractivity (Wildman–Crippen MR) is 566 cm³/mol. The topological polar surface area (TPSA) is 476 Å². The Balaban J connectivity index is 0.000000264. The Kier molecular flexibility index (Phi) is 29.5.